The second kappa shape index (κ2) is 5.68. The molecule has 0 amide bonds. The first-order valence-corrected chi connectivity index (χ1v) is 7.86. The van der Waals surface area contributed by atoms with E-state index < -0.39 is 10.0 Å². The standard InChI is InChI=1S/C12H14N2O3S2/c1-14(2)19(15,16)11-6-4-3-5-10(11)17-9-12-13-7-8-18-12/h3-8H,9H2,1-2H3. The van der Waals surface area contributed by atoms with Crippen LogP contribution in [0.5, 0.6) is 5.75 Å². The van der Waals surface area contributed by atoms with Crippen LogP contribution in [0.1, 0.15) is 5.01 Å². The van der Waals surface area contributed by atoms with Crippen molar-refractivity contribution in [1.29, 1.82) is 0 Å². The average molecular weight is 298 g/mol. The quantitative estimate of drug-likeness (QED) is 0.847. The van der Waals surface area contributed by atoms with Crippen molar-refractivity contribution >= 4 is 21.4 Å². The number of para-hydroxylation sites is 1. The van der Waals surface area contributed by atoms with Gasteiger partial charge in [0.05, 0.1) is 0 Å². The van der Waals surface area contributed by atoms with Crippen molar-refractivity contribution in [3.05, 3.63) is 40.8 Å². The van der Waals surface area contributed by atoms with Crippen molar-refractivity contribution in [3.8, 4) is 5.75 Å². The summed E-state index contributed by atoms with van der Waals surface area (Å²) in [5.41, 5.74) is 0. The van der Waals surface area contributed by atoms with Gasteiger partial charge in [-0.25, -0.2) is 17.7 Å². The minimum absolute atomic E-state index is 0.163. The van der Waals surface area contributed by atoms with E-state index in [2.05, 4.69) is 4.98 Å². The Morgan fingerprint density at radius 3 is 2.68 bits per heavy atom. The molecule has 2 rings (SSSR count). The van der Waals surface area contributed by atoms with Gasteiger partial charge in [-0.3, -0.25) is 0 Å². The molecule has 0 aliphatic heterocycles. The molecule has 0 saturated carbocycles. The van der Waals surface area contributed by atoms with Crippen LogP contribution in [-0.2, 0) is 16.6 Å². The SMILES string of the molecule is CN(C)S(=O)(=O)c1ccccc1OCc1nccs1. The van der Waals surface area contributed by atoms with Gasteiger partial charge in [0.15, 0.2) is 0 Å². The van der Waals surface area contributed by atoms with Crippen LogP contribution >= 0.6 is 11.3 Å². The molecular weight excluding hydrogens is 284 g/mol. The van der Waals surface area contributed by atoms with Crippen molar-refractivity contribution in [2.45, 2.75) is 11.5 Å². The number of hydrogen-bond donors (Lipinski definition) is 0. The summed E-state index contributed by atoms with van der Waals surface area (Å²) < 4.78 is 31.0. The third kappa shape index (κ3) is 3.12. The van der Waals surface area contributed by atoms with Crippen LogP contribution in [0.2, 0.25) is 0 Å². The molecule has 0 unspecified atom stereocenters. The molecule has 0 atom stereocenters. The number of hydrogen-bond acceptors (Lipinski definition) is 5. The van der Waals surface area contributed by atoms with Gasteiger partial charge in [-0.1, -0.05) is 12.1 Å². The van der Waals surface area contributed by atoms with Crippen molar-refractivity contribution in [3.63, 3.8) is 0 Å². The van der Waals surface area contributed by atoms with Crippen molar-refractivity contribution in [2.24, 2.45) is 0 Å². The summed E-state index contributed by atoms with van der Waals surface area (Å²) in [6, 6.07) is 6.59. The second-order valence-corrected chi connectivity index (χ2v) is 7.05. The molecular formula is C12H14N2O3S2. The zero-order valence-electron chi connectivity index (χ0n) is 10.6. The molecule has 0 fully saturated rings. The lowest BCUT2D eigenvalue weighted by atomic mass is 10.3. The van der Waals surface area contributed by atoms with E-state index in [0.29, 0.717) is 5.75 Å². The zero-order valence-corrected chi connectivity index (χ0v) is 12.2. The minimum atomic E-state index is -3.51. The molecule has 0 saturated heterocycles. The monoisotopic (exact) mass is 298 g/mol. The maximum absolute atomic E-state index is 12.1. The number of rotatable bonds is 5. The number of benzene rings is 1. The number of aromatic nitrogens is 1. The number of thiazole rings is 1. The van der Waals surface area contributed by atoms with E-state index >= 15 is 0 Å². The molecule has 0 aliphatic carbocycles. The van der Waals surface area contributed by atoms with Gasteiger partial charge >= 0.3 is 0 Å². The summed E-state index contributed by atoms with van der Waals surface area (Å²) in [4.78, 5) is 4.26. The number of nitrogens with zero attached hydrogens (tertiary/aromatic N) is 2. The van der Waals surface area contributed by atoms with E-state index in [9.17, 15) is 8.42 Å². The summed E-state index contributed by atoms with van der Waals surface area (Å²) in [7, 11) is -0.521. The molecule has 7 heteroatoms. The maximum Gasteiger partial charge on any atom is 0.246 e. The molecule has 19 heavy (non-hydrogen) atoms. The molecule has 1 aromatic carbocycles. The van der Waals surface area contributed by atoms with E-state index in [0.717, 1.165) is 5.01 Å². The lowest BCUT2D eigenvalue weighted by Gasteiger charge is -2.15. The third-order valence-electron chi connectivity index (χ3n) is 2.44. The predicted molar refractivity (Wildman–Crippen MR) is 73.8 cm³/mol. The van der Waals surface area contributed by atoms with Gasteiger partial charge in [-0.15, -0.1) is 11.3 Å². The molecule has 0 aliphatic rings. The van der Waals surface area contributed by atoms with Gasteiger partial charge in [0, 0.05) is 25.7 Å². The fourth-order valence-electron chi connectivity index (χ4n) is 1.44. The zero-order chi connectivity index (χ0) is 13.9. The topological polar surface area (TPSA) is 59.5 Å². The second-order valence-electron chi connectivity index (χ2n) is 3.95. The Morgan fingerprint density at radius 2 is 2.05 bits per heavy atom. The van der Waals surface area contributed by atoms with Crippen LogP contribution in [0.15, 0.2) is 40.7 Å². The van der Waals surface area contributed by atoms with Crippen LogP contribution in [0, 0.1) is 0 Å². The van der Waals surface area contributed by atoms with Crippen LogP contribution in [-0.4, -0.2) is 31.8 Å². The molecule has 1 aromatic heterocycles. The van der Waals surface area contributed by atoms with Gasteiger partial charge in [-0.2, -0.15) is 0 Å². The van der Waals surface area contributed by atoms with Crippen molar-refractivity contribution in [2.75, 3.05) is 14.1 Å². The summed E-state index contributed by atoms with van der Waals surface area (Å²) in [6.07, 6.45) is 1.69. The first-order valence-electron chi connectivity index (χ1n) is 5.54. The average Bonchev–Trinajstić information content (AvgIpc) is 2.89. The Balaban J connectivity index is 2.27. The lowest BCUT2D eigenvalue weighted by Crippen LogP contribution is -2.22. The third-order valence-corrected chi connectivity index (χ3v) is 5.05. The van der Waals surface area contributed by atoms with E-state index in [1.54, 1.807) is 24.4 Å². The molecule has 0 bridgehead atoms. The first-order chi connectivity index (χ1) is 9.01. The number of ether oxygens (including phenoxy) is 1. The van der Waals surface area contributed by atoms with Crippen LogP contribution in [0.3, 0.4) is 0 Å². The Bertz CT molecular complexity index is 637. The minimum Gasteiger partial charge on any atom is -0.485 e. The van der Waals surface area contributed by atoms with Gasteiger partial charge < -0.3 is 4.74 Å². The summed E-state index contributed by atoms with van der Waals surface area (Å²) in [5, 5.41) is 2.65. The lowest BCUT2D eigenvalue weighted by molar-refractivity contribution is 0.296. The van der Waals surface area contributed by atoms with E-state index in [4.69, 9.17) is 4.74 Å². The van der Waals surface area contributed by atoms with Gasteiger partial charge in [0.2, 0.25) is 10.0 Å². The molecule has 5 nitrogen and oxygen atoms in total. The predicted octanol–water partition coefficient (Wildman–Crippen LogP) is 1.97. The van der Waals surface area contributed by atoms with E-state index in [1.807, 2.05) is 5.38 Å². The Morgan fingerprint density at radius 1 is 1.32 bits per heavy atom. The highest BCUT2D eigenvalue weighted by Gasteiger charge is 2.21. The van der Waals surface area contributed by atoms with Crippen molar-refractivity contribution < 1.29 is 13.2 Å². The van der Waals surface area contributed by atoms with E-state index in [1.165, 1.54) is 35.8 Å². The highest BCUT2D eigenvalue weighted by atomic mass is 32.2. The smallest absolute Gasteiger partial charge is 0.246 e. The summed E-state index contributed by atoms with van der Waals surface area (Å²) in [5.74, 6) is 0.339. The summed E-state index contributed by atoms with van der Waals surface area (Å²) >= 11 is 1.47. The van der Waals surface area contributed by atoms with Crippen LogP contribution < -0.4 is 4.74 Å². The molecule has 102 valence electrons. The van der Waals surface area contributed by atoms with Gasteiger partial charge in [0.1, 0.15) is 22.3 Å². The Hall–Kier alpha value is -1.44. The normalized spacial score (nSPS) is 11.7. The van der Waals surface area contributed by atoms with Crippen molar-refractivity contribution in [1.82, 2.24) is 9.29 Å². The van der Waals surface area contributed by atoms with Gasteiger partial charge in [0.25, 0.3) is 0 Å². The highest BCUT2D eigenvalue weighted by molar-refractivity contribution is 7.89. The maximum atomic E-state index is 12.1. The Kier molecular flexibility index (Phi) is 4.18. The largest absolute Gasteiger partial charge is 0.485 e. The fraction of sp³-hybridized carbons (Fsp3) is 0.250. The molecule has 0 spiro atoms. The molecule has 0 N–H and O–H groups in total. The Labute approximate surface area is 116 Å². The van der Waals surface area contributed by atoms with E-state index in [-0.39, 0.29) is 11.5 Å². The summed E-state index contributed by atoms with van der Waals surface area (Å²) in [6.45, 7) is 0.262. The molecule has 2 aromatic rings. The molecule has 0 radical (unpaired) electrons. The number of sulfonamides is 1. The molecule has 1 heterocycles. The first kappa shape index (κ1) is 14.0. The fourth-order valence-corrected chi connectivity index (χ4v) is 3.00. The van der Waals surface area contributed by atoms with Gasteiger partial charge in [-0.05, 0) is 12.1 Å². The van der Waals surface area contributed by atoms with Crippen LogP contribution in [0.4, 0.5) is 0 Å². The highest BCUT2D eigenvalue weighted by Crippen LogP contribution is 2.26. The van der Waals surface area contributed by atoms with Crippen LogP contribution in [0.25, 0.3) is 0 Å².